The summed E-state index contributed by atoms with van der Waals surface area (Å²) in [5.74, 6) is 2.87. The molecule has 0 radical (unpaired) electrons. The van der Waals surface area contributed by atoms with E-state index in [-0.39, 0.29) is 0 Å². The Morgan fingerprint density at radius 3 is 2.80 bits per heavy atom. The first-order valence-corrected chi connectivity index (χ1v) is 11.5. The predicted octanol–water partition coefficient (Wildman–Crippen LogP) is 2.84. The second kappa shape index (κ2) is 8.41. The average molecular weight is 425 g/mol. The van der Waals surface area contributed by atoms with Crippen LogP contribution in [0.1, 0.15) is 40.0 Å². The molecule has 0 amide bonds. The van der Waals surface area contributed by atoms with Crippen molar-refractivity contribution in [1.29, 1.82) is 0 Å². The topological polar surface area (TPSA) is 65.8 Å². The summed E-state index contributed by atoms with van der Waals surface area (Å²) in [4.78, 5) is 24.7. The zero-order valence-electron chi connectivity index (χ0n) is 17.1. The molecule has 1 aromatic carbocycles. The number of morpholine rings is 1. The molecule has 1 N–H and O–H groups in total. The minimum Gasteiger partial charge on any atom is -0.438 e. The summed E-state index contributed by atoms with van der Waals surface area (Å²) in [5, 5.41) is 1.07. The molecular weight excluding hydrogens is 398 g/mol. The molecule has 1 saturated heterocycles. The van der Waals surface area contributed by atoms with Gasteiger partial charge in [0.05, 0.1) is 18.6 Å². The summed E-state index contributed by atoms with van der Waals surface area (Å²) in [6.45, 7) is 6.62. The van der Waals surface area contributed by atoms with Gasteiger partial charge in [-0.15, -0.1) is 11.3 Å². The fourth-order valence-corrected chi connectivity index (χ4v) is 5.68. The number of ether oxygens (including phenoxy) is 2. The number of nitrogens with zero attached hydrogens (tertiary/aromatic N) is 2. The number of aldehydes is 1. The number of carbonyl (C=O) groups excluding carboxylic acids is 1. The Balaban J connectivity index is 1.54. The molecule has 1 aliphatic heterocycles. The first-order chi connectivity index (χ1) is 14.7. The highest BCUT2D eigenvalue weighted by molar-refractivity contribution is 7.18. The highest BCUT2D eigenvalue weighted by atomic mass is 32.1. The maximum Gasteiger partial charge on any atom is 0.231 e. The molecule has 0 unspecified atom stereocenters. The Morgan fingerprint density at radius 2 is 2.03 bits per heavy atom. The molecule has 1 fully saturated rings. The van der Waals surface area contributed by atoms with E-state index in [1.165, 1.54) is 21.8 Å². The maximum absolute atomic E-state index is 11.0. The average Bonchev–Trinajstić information content (AvgIpc) is 3.12. The molecule has 5 rings (SSSR count). The van der Waals surface area contributed by atoms with Crippen LogP contribution in [0.15, 0.2) is 24.3 Å². The number of carbonyl (C=O) groups is 1. The second-order valence-corrected chi connectivity index (χ2v) is 9.39. The van der Waals surface area contributed by atoms with E-state index < -0.39 is 0 Å². The van der Waals surface area contributed by atoms with Crippen molar-refractivity contribution < 1.29 is 19.2 Å². The van der Waals surface area contributed by atoms with Gasteiger partial charge in [0.25, 0.3) is 0 Å². The normalized spacial score (nSPS) is 19.6. The van der Waals surface area contributed by atoms with Crippen molar-refractivity contribution in [2.45, 2.75) is 32.7 Å². The minimum atomic E-state index is 0.633. The summed E-state index contributed by atoms with van der Waals surface area (Å²) in [6.07, 6.45) is 4.18. The second-order valence-electron chi connectivity index (χ2n) is 8.31. The Bertz CT molecular complexity index is 1060. The van der Waals surface area contributed by atoms with Gasteiger partial charge >= 0.3 is 0 Å². The Morgan fingerprint density at radius 1 is 1.23 bits per heavy atom. The van der Waals surface area contributed by atoms with Crippen LogP contribution in [0.4, 0.5) is 0 Å². The number of benzene rings is 1. The lowest BCUT2D eigenvalue weighted by atomic mass is 9.89. The number of hydrogen-bond acceptors (Lipinski definition) is 6. The van der Waals surface area contributed by atoms with Crippen molar-refractivity contribution in [2.75, 3.05) is 26.3 Å². The molecule has 3 heterocycles. The van der Waals surface area contributed by atoms with Crippen molar-refractivity contribution in [2.24, 2.45) is 5.92 Å². The lowest BCUT2D eigenvalue weighted by molar-refractivity contribution is -0.922. The van der Waals surface area contributed by atoms with Gasteiger partial charge in [0.2, 0.25) is 5.88 Å². The summed E-state index contributed by atoms with van der Waals surface area (Å²) >= 11 is 1.80. The van der Waals surface area contributed by atoms with Gasteiger partial charge in [-0.1, -0.05) is 6.92 Å². The molecular formula is C23H26N3O3S+. The zero-order chi connectivity index (χ0) is 20.5. The van der Waals surface area contributed by atoms with E-state index in [9.17, 15) is 4.79 Å². The first-order valence-electron chi connectivity index (χ1n) is 10.6. The van der Waals surface area contributed by atoms with E-state index in [0.29, 0.717) is 23.1 Å². The molecule has 156 valence electrons. The summed E-state index contributed by atoms with van der Waals surface area (Å²) in [6, 6.07) is 7.19. The van der Waals surface area contributed by atoms with Crippen LogP contribution in [0, 0.1) is 5.92 Å². The SMILES string of the molecule is C[C@@H]1CCc2c(sc3nc(C[NH+]4CCOCC4)nc(Oc4ccc(C=O)cc4)c23)C1. The predicted molar refractivity (Wildman–Crippen MR) is 116 cm³/mol. The van der Waals surface area contributed by atoms with Crippen molar-refractivity contribution >= 4 is 27.8 Å². The summed E-state index contributed by atoms with van der Waals surface area (Å²) in [5.41, 5.74) is 1.99. The molecule has 6 nitrogen and oxygen atoms in total. The van der Waals surface area contributed by atoms with Gasteiger partial charge in [-0.2, -0.15) is 4.98 Å². The van der Waals surface area contributed by atoms with E-state index in [0.717, 1.165) is 68.0 Å². The molecule has 2 aromatic heterocycles. The molecule has 3 aromatic rings. The number of thiophene rings is 1. The van der Waals surface area contributed by atoms with Gasteiger partial charge in [0.1, 0.15) is 36.5 Å². The van der Waals surface area contributed by atoms with Gasteiger partial charge in [-0.25, -0.2) is 4.98 Å². The molecule has 2 aliphatic rings. The fourth-order valence-electron chi connectivity index (χ4n) is 4.29. The summed E-state index contributed by atoms with van der Waals surface area (Å²) < 4.78 is 11.8. The first kappa shape index (κ1) is 19.6. The fraction of sp³-hybridized carbons (Fsp3) is 0.435. The van der Waals surface area contributed by atoms with E-state index in [4.69, 9.17) is 19.4 Å². The number of quaternary nitrogens is 1. The van der Waals surface area contributed by atoms with Crippen molar-refractivity contribution in [1.82, 2.24) is 9.97 Å². The number of aryl methyl sites for hydroxylation is 1. The van der Waals surface area contributed by atoms with Crippen LogP contribution in [-0.2, 0) is 24.1 Å². The highest BCUT2D eigenvalue weighted by Gasteiger charge is 2.26. The molecule has 1 aliphatic carbocycles. The van der Waals surface area contributed by atoms with Crippen LogP contribution >= 0.6 is 11.3 Å². The third kappa shape index (κ3) is 3.97. The van der Waals surface area contributed by atoms with Gasteiger partial charge in [-0.05, 0) is 55.0 Å². The number of nitrogens with one attached hydrogen (secondary N) is 1. The minimum absolute atomic E-state index is 0.633. The molecule has 1 atom stereocenters. The zero-order valence-corrected chi connectivity index (χ0v) is 18.0. The third-order valence-corrected chi connectivity index (χ3v) is 7.16. The Hall–Kier alpha value is -2.35. The van der Waals surface area contributed by atoms with Crippen molar-refractivity contribution in [3.8, 4) is 11.6 Å². The van der Waals surface area contributed by atoms with Crippen LogP contribution in [0.3, 0.4) is 0 Å². The van der Waals surface area contributed by atoms with E-state index in [1.54, 1.807) is 23.5 Å². The smallest absolute Gasteiger partial charge is 0.231 e. The van der Waals surface area contributed by atoms with Gasteiger partial charge in [0, 0.05) is 10.4 Å². The quantitative estimate of drug-likeness (QED) is 0.638. The van der Waals surface area contributed by atoms with E-state index >= 15 is 0 Å². The van der Waals surface area contributed by atoms with Crippen LogP contribution in [0.5, 0.6) is 11.6 Å². The van der Waals surface area contributed by atoms with Gasteiger partial charge < -0.3 is 14.4 Å². The van der Waals surface area contributed by atoms with Crippen molar-refractivity contribution in [3.05, 3.63) is 46.1 Å². The van der Waals surface area contributed by atoms with E-state index in [1.807, 2.05) is 12.1 Å². The monoisotopic (exact) mass is 424 g/mol. The summed E-state index contributed by atoms with van der Waals surface area (Å²) in [7, 11) is 0. The lowest BCUT2D eigenvalue weighted by Crippen LogP contribution is -3.12. The van der Waals surface area contributed by atoms with E-state index in [2.05, 4.69) is 6.92 Å². The van der Waals surface area contributed by atoms with Crippen molar-refractivity contribution in [3.63, 3.8) is 0 Å². The standard InChI is InChI=1S/C23H25N3O3S/c1-15-2-7-18-19(12-15)30-23-21(18)22(29-17-5-3-16(14-27)4-6-17)24-20(25-23)13-26-8-10-28-11-9-26/h3-6,14-15H,2,7-13H2,1H3/p+1/t15-/m1/s1. The molecule has 0 bridgehead atoms. The highest BCUT2D eigenvalue weighted by Crippen LogP contribution is 2.41. The van der Waals surface area contributed by atoms with Crippen LogP contribution in [0.2, 0.25) is 0 Å². The van der Waals surface area contributed by atoms with Gasteiger partial charge in [0.15, 0.2) is 5.82 Å². The number of rotatable bonds is 5. The number of fused-ring (bicyclic) bond motifs is 3. The molecule has 30 heavy (non-hydrogen) atoms. The van der Waals surface area contributed by atoms with Crippen LogP contribution in [-0.4, -0.2) is 42.6 Å². The number of aromatic nitrogens is 2. The Kier molecular flexibility index (Phi) is 5.50. The molecule has 0 saturated carbocycles. The van der Waals surface area contributed by atoms with Crippen LogP contribution < -0.4 is 9.64 Å². The third-order valence-electron chi connectivity index (χ3n) is 6.01. The lowest BCUT2D eigenvalue weighted by Gasteiger charge is -2.23. The largest absolute Gasteiger partial charge is 0.438 e. The Labute approximate surface area is 179 Å². The number of hydrogen-bond donors (Lipinski definition) is 1. The maximum atomic E-state index is 11.0. The molecule has 7 heteroatoms. The molecule has 0 spiro atoms. The van der Waals surface area contributed by atoms with Gasteiger partial charge in [-0.3, -0.25) is 4.79 Å². The van der Waals surface area contributed by atoms with Crippen LogP contribution in [0.25, 0.3) is 10.2 Å².